The van der Waals surface area contributed by atoms with Crippen LogP contribution >= 0.6 is 24.0 Å². The van der Waals surface area contributed by atoms with E-state index < -0.39 is 0 Å². The summed E-state index contributed by atoms with van der Waals surface area (Å²) >= 11 is 0. The van der Waals surface area contributed by atoms with Crippen molar-refractivity contribution in [2.24, 2.45) is 4.99 Å². The van der Waals surface area contributed by atoms with Crippen LogP contribution in [0.3, 0.4) is 0 Å². The van der Waals surface area contributed by atoms with Gasteiger partial charge in [0, 0.05) is 51.4 Å². The molecule has 1 unspecified atom stereocenters. The summed E-state index contributed by atoms with van der Waals surface area (Å²) in [6.07, 6.45) is 3.55. The van der Waals surface area contributed by atoms with Crippen LogP contribution in [0.25, 0.3) is 0 Å². The molecule has 2 aliphatic heterocycles. The number of nitrogens with one attached hydrogen (secondary N) is 1. The molecule has 1 aromatic rings. The lowest BCUT2D eigenvalue weighted by Crippen LogP contribution is -2.43. The lowest BCUT2D eigenvalue weighted by molar-refractivity contribution is -0.118. The summed E-state index contributed by atoms with van der Waals surface area (Å²) in [5.74, 6) is 1.19. The number of rotatable bonds is 7. The first-order valence-electron chi connectivity index (χ1n) is 10.8. The predicted molar refractivity (Wildman–Crippen MR) is 131 cm³/mol. The smallest absolute Gasteiger partial charge is 0.227 e. The summed E-state index contributed by atoms with van der Waals surface area (Å²) in [7, 11) is 1.85. The highest BCUT2D eigenvalue weighted by atomic mass is 127. The van der Waals surface area contributed by atoms with Gasteiger partial charge in [-0.3, -0.25) is 14.7 Å². The molecule has 1 fully saturated rings. The molecule has 0 aliphatic carbocycles. The second kappa shape index (κ2) is 11.7. The van der Waals surface area contributed by atoms with E-state index >= 15 is 0 Å². The monoisotopic (exact) mass is 513 g/mol. The molecule has 6 nitrogen and oxygen atoms in total. The summed E-state index contributed by atoms with van der Waals surface area (Å²) < 4.78 is 0. The van der Waals surface area contributed by atoms with Gasteiger partial charge in [0.1, 0.15) is 0 Å². The molecule has 1 saturated heterocycles. The number of benzene rings is 1. The summed E-state index contributed by atoms with van der Waals surface area (Å²) in [5, 5.41) is 3.46. The van der Waals surface area contributed by atoms with Crippen molar-refractivity contribution in [1.82, 2.24) is 15.1 Å². The zero-order chi connectivity index (χ0) is 19.9. The van der Waals surface area contributed by atoms with Crippen molar-refractivity contribution in [2.45, 2.75) is 45.6 Å². The third kappa shape index (κ3) is 5.84. The first kappa shape index (κ1) is 23.9. The van der Waals surface area contributed by atoms with Gasteiger partial charge in [0.05, 0.1) is 0 Å². The van der Waals surface area contributed by atoms with Crippen LogP contribution in [0.1, 0.15) is 38.7 Å². The molecular weight excluding hydrogens is 477 g/mol. The number of carbonyl (C=O) groups is 1. The van der Waals surface area contributed by atoms with E-state index in [1.807, 2.05) is 24.1 Å². The van der Waals surface area contributed by atoms with Gasteiger partial charge >= 0.3 is 0 Å². The van der Waals surface area contributed by atoms with Gasteiger partial charge in [0.15, 0.2) is 5.96 Å². The Morgan fingerprint density at radius 2 is 2.00 bits per heavy atom. The number of halogens is 1. The minimum absolute atomic E-state index is 0. The average Bonchev–Trinajstić information content (AvgIpc) is 3.36. The first-order valence-corrected chi connectivity index (χ1v) is 10.8. The number of amides is 1. The van der Waals surface area contributed by atoms with E-state index in [4.69, 9.17) is 0 Å². The number of likely N-dealkylation sites (tertiary alicyclic amines) is 1. The lowest BCUT2D eigenvalue weighted by atomic mass is 10.2. The maximum absolute atomic E-state index is 12.6. The Labute approximate surface area is 192 Å². The number of aliphatic imine (C=N–C) groups is 1. The van der Waals surface area contributed by atoms with Gasteiger partial charge in [0.2, 0.25) is 5.91 Å². The zero-order valence-electron chi connectivity index (χ0n) is 18.1. The van der Waals surface area contributed by atoms with Gasteiger partial charge in [-0.25, -0.2) is 0 Å². The van der Waals surface area contributed by atoms with Crippen LogP contribution in [0.15, 0.2) is 29.3 Å². The zero-order valence-corrected chi connectivity index (χ0v) is 20.4. The Balaban J connectivity index is 0.00000300. The molecule has 1 aromatic carbocycles. The van der Waals surface area contributed by atoms with E-state index in [2.05, 4.69) is 46.1 Å². The van der Waals surface area contributed by atoms with Crippen molar-refractivity contribution in [1.29, 1.82) is 0 Å². The van der Waals surface area contributed by atoms with Gasteiger partial charge in [-0.2, -0.15) is 0 Å². The highest BCUT2D eigenvalue weighted by molar-refractivity contribution is 14.0. The van der Waals surface area contributed by atoms with Crippen molar-refractivity contribution in [2.75, 3.05) is 51.2 Å². The van der Waals surface area contributed by atoms with Gasteiger partial charge in [-0.15, -0.1) is 24.0 Å². The van der Waals surface area contributed by atoms with Crippen LogP contribution in [0.5, 0.6) is 0 Å². The highest BCUT2D eigenvalue weighted by Crippen LogP contribution is 2.28. The fourth-order valence-electron chi connectivity index (χ4n) is 4.48. The molecule has 0 bridgehead atoms. The second-order valence-electron chi connectivity index (χ2n) is 7.61. The van der Waals surface area contributed by atoms with E-state index in [1.54, 1.807) is 0 Å². The lowest BCUT2D eigenvalue weighted by Gasteiger charge is -2.27. The quantitative estimate of drug-likeness (QED) is 0.264. The fourth-order valence-corrected chi connectivity index (χ4v) is 4.48. The summed E-state index contributed by atoms with van der Waals surface area (Å²) in [4.78, 5) is 23.9. The molecule has 0 spiro atoms. The van der Waals surface area contributed by atoms with Crippen molar-refractivity contribution >= 4 is 41.5 Å². The molecule has 7 heteroatoms. The molecule has 2 aliphatic rings. The van der Waals surface area contributed by atoms with Gasteiger partial charge < -0.3 is 15.1 Å². The third-order valence-corrected chi connectivity index (χ3v) is 6.04. The van der Waals surface area contributed by atoms with E-state index in [9.17, 15) is 4.79 Å². The Kier molecular flexibility index (Phi) is 9.68. The molecule has 1 N–H and O–H groups in total. The SMILES string of the molecule is CCN(CC)C1CCN(C(=NC)NCCCC(=O)N2CCc3ccccc32)C1.I. The number of fused-ring (bicyclic) bond motifs is 1. The van der Waals surface area contributed by atoms with E-state index in [0.717, 1.165) is 63.8 Å². The van der Waals surface area contributed by atoms with Gasteiger partial charge in [-0.05, 0) is 44.0 Å². The maximum atomic E-state index is 12.6. The fraction of sp³-hybridized carbons (Fsp3) is 0.636. The van der Waals surface area contributed by atoms with Crippen molar-refractivity contribution < 1.29 is 4.79 Å². The van der Waals surface area contributed by atoms with E-state index in [1.165, 1.54) is 12.0 Å². The van der Waals surface area contributed by atoms with E-state index in [0.29, 0.717) is 12.5 Å². The summed E-state index contributed by atoms with van der Waals surface area (Å²) in [5.41, 5.74) is 2.38. The average molecular weight is 513 g/mol. The molecule has 0 aromatic heterocycles. The summed E-state index contributed by atoms with van der Waals surface area (Å²) in [6.45, 7) is 10.3. The van der Waals surface area contributed by atoms with Crippen molar-refractivity contribution in [3.05, 3.63) is 29.8 Å². The Morgan fingerprint density at radius 1 is 1.24 bits per heavy atom. The van der Waals surface area contributed by atoms with Crippen LogP contribution in [0.4, 0.5) is 5.69 Å². The topological polar surface area (TPSA) is 51.2 Å². The molecular formula is C22H36IN5O. The number of guanidine groups is 1. The number of anilines is 1. The molecule has 162 valence electrons. The van der Waals surface area contributed by atoms with E-state index in [-0.39, 0.29) is 29.9 Å². The minimum atomic E-state index is 0. The standard InChI is InChI=1S/C22H35N5O.HI/c1-4-25(5-2)19-13-15-26(17-19)22(23-3)24-14-8-11-21(28)27-16-12-18-9-6-7-10-20(18)27;/h6-7,9-10,19H,4-5,8,11-17H2,1-3H3,(H,23,24);1H. The van der Waals surface area contributed by atoms with Crippen LogP contribution in [0.2, 0.25) is 0 Å². The molecule has 0 radical (unpaired) electrons. The molecule has 1 amide bonds. The van der Waals surface area contributed by atoms with Crippen LogP contribution < -0.4 is 10.2 Å². The van der Waals surface area contributed by atoms with Gasteiger partial charge in [-0.1, -0.05) is 32.0 Å². The maximum Gasteiger partial charge on any atom is 0.227 e. The Hall–Kier alpha value is -1.35. The molecule has 3 rings (SSSR count). The van der Waals surface area contributed by atoms with Crippen LogP contribution in [-0.4, -0.2) is 74.0 Å². The summed E-state index contributed by atoms with van der Waals surface area (Å²) in [6, 6.07) is 8.85. The number of nitrogens with zero attached hydrogens (tertiary/aromatic N) is 4. The minimum Gasteiger partial charge on any atom is -0.356 e. The van der Waals surface area contributed by atoms with Crippen molar-refractivity contribution in [3.8, 4) is 0 Å². The predicted octanol–water partition coefficient (Wildman–Crippen LogP) is 2.97. The van der Waals surface area contributed by atoms with Crippen molar-refractivity contribution in [3.63, 3.8) is 0 Å². The number of carbonyl (C=O) groups excluding carboxylic acids is 1. The normalized spacial score (nSPS) is 18.8. The number of likely N-dealkylation sites (N-methyl/N-ethyl adjacent to an activating group) is 1. The van der Waals surface area contributed by atoms with Crippen LogP contribution in [0, 0.1) is 0 Å². The molecule has 29 heavy (non-hydrogen) atoms. The Morgan fingerprint density at radius 3 is 2.72 bits per heavy atom. The van der Waals surface area contributed by atoms with Crippen LogP contribution in [-0.2, 0) is 11.2 Å². The largest absolute Gasteiger partial charge is 0.356 e. The number of para-hydroxylation sites is 1. The molecule has 2 heterocycles. The second-order valence-corrected chi connectivity index (χ2v) is 7.61. The Bertz CT molecular complexity index is 692. The number of hydrogen-bond acceptors (Lipinski definition) is 3. The molecule has 1 atom stereocenters. The number of hydrogen-bond donors (Lipinski definition) is 1. The highest BCUT2D eigenvalue weighted by Gasteiger charge is 2.28. The van der Waals surface area contributed by atoms with Gasteiger partial charge in [0.25, 0.3) is 0 Å². The third-order valence-electron chi connectivity index (χ3n) is 6.04. The molecule has 0 saturated carbocycles. The first-order chi connectivity index (χ1) is 13.7.